The van der Waals surface area contributed by atoms with Crippen molar-refractivity contribution in [3.05, 3.63) is 78.6 Å². The van der Waals surface area contributed by atoms with Gasteiger partial charge in [0.2, 0.25) is 15.9 Å². The number of nitrogens with one attached hydrogen (secondary N) is 4. The second-order valence-corrected chi connectivity index (χ2v) is 12.9. The minimum Gasteiger partial charge on any atom is -0.338 e. The molecule has 224 valence electrons. The molecule has 0 aliphatic heterocycles. The molecular formula is C31H29FN8O3S. The van der Waals surface area contributed by atoms with Crippen LogP contribution in [0, 0.1) is 11.7 Å². The lowest BCUT2D eigenvalue weighted by Crippen LogP contribution is -2.21. The van der Waals surface area contributed by atoms with Gasteiger partial charge < -0.3 is 10.3 Å². The fourth-order valence-corrected chi connectivity index (χ4v) is 5.47. The molecule has 0 unspecified atom stereocenters. The summed E-state index contributed by atoms with van der Waals surface area (Å²) in [4.78, 5) is 28.9. The number of amides is 1. The molecular weight excluding hydrogens is 583 g/mol. The highest BCUT2D eigenvalue weighted by molar-refractivity contribution is 7.88. The summed E-state index contributed by atoms with van der Waals surface area (Å²) < 4.78 is 40.1. The molecule has 0 aliphatic carbocycles. The Balaban J connectivity index is 1.36. The summed E-state index contributed by atoms with van der Waals surface area (Å²) in [6, 6.07) is 11.9. The van der Waals surface area contributed by atoms with Crippen LogP contribution < -0.4 is 10.0 Å². The summed E-state index contributed by atoms with van der Waals surface area (Å²) in [5.41, 5.74) is 6.39. The Morgan fingerprint density at radius 2 is 1.84 bits per heavy atom. The van der Waals surface area contributed by atoms with Gasteiger partial charge in [-0.15, -0.1) is 0 Å². The Kier molecular flexibility index (Phi) is 7.66. The minimum atomic E-state index is -3.44. The average Bonchev–Trinajstić information content (AvgIpc) is 3.59. The lowest BCUT2D eigenvalue weighted by Gasteiger charge is -2.08. The molecule has 5 heterocycles. The average molecular weight is 613 g/mol. The SMILES string of the molecule is CC(C)CC(=O)Nc1cncc(-c2cc3c(-c4cc5c(-c6cc(F)cc(CNS(C)(=O)=O)c6)ccnc5[nH]4)n[nH]c3cn2)c1. The van der Waals surface area contributed by atoms with Crippen LogP contribution in [0.3, 0.4) is 0 Å². The second kappa shape index (κ2) is 11.6. The van der Waals surface area contributed by atoms with E-state index in [1.54, 1.807) is 36.9 Å². The molecule has 0 spiro atoms. The zero-order valence-electron chi connectivity index (χ0n) is 24.1. The number of benzene rings is 1. The van der Waals surface area contributed by atoms with E-state index in [0.29, 0.717) is 46.0 Å². The van der Waals surface area contributed by atoms with Gasteiger partial charge in [0.25, 0.3) is 0 Å². The molecule has 0 radical (unpaired) electrons. The van der Waals surface area contributed by atoms with Crippen LogP contribution in [-0.2, 0) is 21.4 Å². The van der Waals surface area contributed by atoms with Crippen molar-refractivity contribution < 1.29 is 17.6 Å². The highest BCUT2D eigenvalue weighted by Crippen LogP contribution is 2.35. The maximum absolute atomic E-state index is 14.6. The van der Waals surface area contributed by atoms with E-state index < -0.39 is 15.8 Å². The van der Waals surface area contributed by atoms with Crippen molar-refractivity contribution in [2.45, 2.75) is 26.8 Å². The number of sulfonamides is 1. The van der Waals surface area contributed by atoms with Gasteiger partial charge in [-0.2, -0.15) is 5.10 Å². The van der Waals surface area contributed by atoms with E-state index in [2.05, 4.69) is 40.2 Å². The standard InChI is InChI=1S/C31H29FN8O3S/c1-17(2)6-29(41)37-22-10-20(14-33-15-22)26-12-25-28(16-35-26)39-40-30(25)27-11-24-23(4-5-34-31(24)38-27)19-7-18(8-21(32)9-19)13-36-44(3,42)43/h4-5,7-12,14-17,36H,6,13H2,1-3H3,(H,34,38)(H,37,41)(H,39,40). The monoisotopic (exact) mass is 612 g/mol. The molecule has 0 atom stereocenters. The van der Waals surface area contributed by atoms with E-state index in [9.17, 15) is 17.6 Å². The highest BCUT2D eigenvalue weighted by atomic mass is 32.2. The number of hydrogen-bond donors (Lipinski definition) is 4. The fourth-order valence-electron chi connectivity index (χ4n) is 5.04. The quantitative estimate of drug-likeness (QED) is 0.170. The molecule has 1 amide bonds. The number of pyridine rings is 3. The number of fused-ring (bicyclic) bond motifs is 2. The number of hydrogen-bond acceptors (Lipinski definition) is 7. The van der Waals surface area contributed by atoms with Crippen LogP contribution in [0.5, 0.6) is 0 Å². The van der Waals surface area contributed by atoms with Crippen molar-refractivity contribution in [3.63, 3.8) is 0 Å². The molecule has 0 fully saturated rings. The Hall–Kier alpha value is -5.01. The zero-order chi connectivity index (χ0) is 31.0. The van der Waals surface area contributed by atoms with Crippen LogP contribution in [0.15, 0.2) is 67.3 Å². The lowest BCUT2D eigenvalue weighted by atomic mass is 10.0. The summed E-state index contributed by atoms with van der Waals surface area (Å²) in [6.45, 7) is 3.94. The molecule has 44 heavy (non-hydrogen) atoms. The van der Waals surface area contributed by atoms with Gasteiger partial charge >= 0.3 is 0 Å². The summed E-state index contributed by atoms with van der Waals surface area (Å²) in [7, 11) is -3.44. The number of anilines is 1. The van der Waals surface area contributed by atoms with Crippen LogP contribution in [0.1, 0.15) is 25.8 Å². The van der Waals surface area contributed by atoms with E-state index in [-0.39, 0.29) is 18.4 Å². The van der Waals surface area contributed by atoms with Gasteiger partial charge in [0.15, 0.2) is 0 Å². The van der Waals surface area contributed by atoms with Crippen LogP contribution in [0.4, 0.5) is 10.1 Å². The number of carbonyl (C=O) groups excluding carboxylic acids is 1. The molecule has 6 rings (SSSR count). The molecule has 5 aromatic heterocycles. The topological polar surface area (TPSA) is 158 Å². The first-order valence-corrected chi connectivity index (χ1v) is 15.7. The number of nitrogens with zero attached hydrogens (tertiary/aromatic N) is 4. The van der Waals surface area contributed by atoms with Crippen LogP contribution in [0.2, 0.25) is 0 Å². The van der Waals surface area contributed by atoms with E-state index in [1.807, 2.05) is 32.0 Å². The van der Waals surface area contributed by atoms with Gasteiger partial charge in [0.05, 0.1) is 41.2 Å². The molecule has 0 aliphatic rings. The minimum absolute atomic E-state index is 0.0332. The predicted molar refractivity (Wildman–Crippen MR) is 167 cm³/mol. The first-order valence-electron chi connectivity index (χ1n) is 13.8. The zero-order valence-corrected chi connectivity index (χ0v) is 25.0. The second-order valence-electron chi connectivity index (χ2n) is 11.0. The van der Waals surface area contributed by atoms with Crippen LogP contribution in [0.25, 0.3) is 55.7 Å². The molecule has 0 saturated carbocycles. The third kappa shape index (κ3) is 6.33. The van der Waals surface area contributed by atoms with Gasteiger partial charge in [-0.05, 0) is 65.1 Å². The third-order valence-electron chi connectivity index (χ3n) is 6.95. The molecule has 6 aromatic rings. The van der Waals surface area contributed by atoms with Crippen molar-refractivity contribution in [2.75, 3.05) is 11.6 Å². The maximum atomic E-state index is 14.6. The molecule has 4 N–H and O–H groups in total. The predicted octanol–water partition coefficient (Wildman–Crippen LogP) is 5.40. The van der Waals surface area contributed by atoms with Gasteiger partial charge in [-0.1, -0.05) is 13.8 Å². The third-order valence-corrected chi connectivity index (χ3v) is 7.62. The Morgan fingerprint density at radius 3 is 2.64 bits per heavy atom. The molecule has 1 aromatic carbocycles. The van der Waals surface area contributed by atoms with Gasteiger partial charge in [0.1, 0.15) is 17.2 Å². The summed E-state index contributed by atoms with van der Waals surface area (Å²) >= 11 is 0. The van der Waals surface area contributed by atoms with Crippen molar-refractivity contribution in [3.8, 4) is 33.8 Å². The van der Waals surface area contributed by atoms with Gasteiger partial charge in [-0.25, -0.2) is 22.5 Å². The molecule has 0 bridgehead atoms. The van der Waals surface area contributed by atoms with Crippen molar-refractivity contribution in [2.24, 2.45) is 5.92 Å². The largest absolute Gasteiger partial charge is 0.338 e. The number of halogens is 1. The highest BCUT2D eigenvalue weighted by Gasteiger charge is 2.17. The Bertz CT molecular complexity index is 2140. The van der Waals surface area contributed by atoms with Crippen molar-refractivity contribution in [1.82, 2.24) is 34.9 Å². The summed E-state index contributed by atoms with van der Waals surface area (Å²) in [6.07, 6.45) is 8.07. The van der Waals surface area contributed by atoms with Crippen molar-refractivity contribution >= 4 is 43.6 Å². The van der Waals surface area contributed by atoms with E-state index in [0.717, 1.165) is 33.7 Å². The first kappa shape index (κ1) is 29.1. The van der Waals surface area contributed by atoms with Gasteiger partial charge in [-0.3, -0.25) is 19.9 Å². The number of rotatable bonds is 9. The normalized spacial score (nSPS) is 11.9. The van der Waals surface area contributed by atoms with Crippen LogP contribution >= 0.6 is 0 Å². The first-order chi connectivity index (χ1) is 21.0. The molecule has 13 heteroatoms. The maximum Gasteiger partial charge on any atom is 0.224 e. The van der Waals surface area contributed by atoms with Crippen LogP contribution in [-0.4, -0.2) is 50.7 Å². The molecule has 11 nitrogen and oxygen atoms in total. The van der Waals surface area contributed by atoms with Gasteiger partial charge in [0, 0.05) is 41.7 Å². The smallest absolute Gasteiger partial charge is 0.224 e. The fraction of sp³-hybridized carbons (Fsp3) is 0.194. The summed E-state index contributed by atoms with van der Waals surface area (Å²) in [5, 5.41) is 12.0. The Labute approximate surface area is 252 Å². The van der Waals surface area contributed by atoms with E-state index in [4.69, 9.17) is 0 Å². The van der Waals surface area contributed by atoms with E-state index in [1.165, 1.54) is 12.1 Å². The van der Waals surface area contributed by atoms with E-state index >= 15 is 0 Å². The molecule has 0 saturated heterocycles. The van der Waals surface area contributed by atoms with Crippen molar-refractivity contribution in [1.29, 1.82) is 0 Å². The number of carbonyl (C=O) groups is 1. The lowest BCUT2D eigenvalue weighted by molar-refractivity contribution is -0.116. The number of H-pyrrole nitrogens is 2. The number of aromatic nitrogens is 6. The summed E-state index contributed by atoms with van der Waals surface area (Å²) in [5.74, 6) is -0.322. The number of aromatic amines is 2. The Morgan fingerprint density at radius 1 is 1.00 bits per heavy atom.